The number of hydrogen-bond donors (Lipinski definition) is 1. The first-order chi connectivity index (χ1) is 11.7. The van der Waals surface area contributed by atoms with Crippen molar-refractivity contribution in [3.8, 4) is 0 Å². The molecule has 2 aromatic rings. The molecule has 128 valence electrons. The maximum Gasteiger partial charge on any atom is 0.225 e. The van der Waals surface area contributed by atoms with Crippen molar-refractivity contribution >= 4 is 5.91 Å². The van der Waals surface area contributed by atoms with Crippen molar-refractivity contribution in [3.63, 3.8) is 0 Å². The third kappa shape index (κ3) is 3.85. The summed E-state index contributed by atoms with van der Waals surface area (Å²) in [5.74, 6) is 0.203. The zero-order chi connectivity index (χ0) is 16.9. The van der Waals surface area contributed by atoms with Crippen LogP contribution in [0.5, 0.6) is 0 Å². The topological polar surface area (TPSA) is 50.2 Å². The second-order valence-electron chi connectivity index (χ2n) is 6.43. The second kappa shape index (κ2) is 7.62. The van der Waals surface area contributed by atoms with Crippen LogP contribution in [-0.4, -0.2) is 40.2 Å². The van der Waals surface area contributed by atoms with Crippen LogP contribution >= 0.6 is 0 Å². The van der Waals surface area contributed by atoms with Gasteiger partial charge in [-0.1, -0.05) is 31.2 Å². The lowest BCUT2D eigenvalue weighted by Gasteiger charge is -2.36. The van der Waals surface area contributed by atoms with Gasteiger partial charge in [0, 0.05) is 38.8 Å². The molecule has 0 aliphatic carbocycles. The summed E-state index contributed by atoms with van der Waals surface area (Å²) in [6.45, 7) is 7.24. The number of piperazine rings is 1. The summed E-state index contributed by atoms with van der Waals surface area (Å²) < 4.78 is 1.85. The molecular weight excluding hydrogens is 300 g/mol. The Morgan fingerprint density at radius 2 is 2.12 bits per heavy atom. The van der Waals surface area contributed by atoms with E-state index < -0.39 is 0 Å². The second-order valence-corrected chi connectivity index (χ2v) is 6.43. The third-order valence-electron chi connectivity index (χ3n) is 4.65. The Kier molecular flexibility index (Phi) is 5.30. The number of benzene rings is 1. The first-order valence-corrected chi connectivity index (χ1v) is 8.75. The third-order valence-corrected chi connectivity index (χ3v) is 4.65. The van der Waals surface area contributed by atoms with E-state index >= 15 is 0 Å². The summed E-state index contributed by atoms with van der Waals surface area (Å²) in [5.41, 5.74) is 3.66. The Morgan fingerprint density at radius 1 is 1.33 bits per heavy atom. The zero-order valence-electron chi connectivity index (χ0n) is 14.5. The van der Waals surface area contributed by atoms with Crippen molar-refractivity contribution in [2.75, 3.05) is 19.6 Å². The van der Waals surface area contributed by atoms with Crippen LogP contribution in [0, 0.1) is 6.92 Å². The average Bonchev–Trinajstić information content (AvgIpc) is 3.05. The summed E-state index contributed by atoms with van der Waals surface area (Å²) in [5, 5.41) is 7.68. The van der Waals surface area contributed by atoms with Gasteiger partial charge in [-0.3, -0.25) is 9.48 Å². The number of nitrogens with one attached hydrogen (secondary N) is 1. The van der Waals surface area contributed by atoms with Gasteiger partial charge in [0.1, 0.15) is 0 Å². The molecule has 1 saturated heterocycles. The lowest BCUT2D eigenvalue weighted by molar-refractivity contribution is -0.134. The number of carbonyl (C=O) groups is 1. The molecule has 3 rings (SSSR count). The van der Waals surface area contributed by atoms with Gasteiger partial charge < -0.3 is 10.2 Å². The Hall–Kier alpha value is -2.14. The summed E-state index contributed by atoms with van der Waals surface area (Å²) in [6.07, 6.45) is 5.33. The maximum atomic E-state index is 12.7. The first kappa shape index (κ1) is 16.7. The van der Waals surface area contributed by atoms with E-state index in [4.69, 9.17) is 0 Å². The molecule has 0 bridgehead atoms. The Balaban J connectivity index is 1.67. The molecule has 1 aliphatic rings. The van der Waals surface area contributed by atoms with Gasteiger partial charge in [0.15, 0.2) is 0 Å². The Morgan fingerprint density at radius 3 is 2.79 bits per heavy atom. The number of carbonyl (C=O) groups excluding carboxylic acids is 1. The van der Waals surface area contributed by atoms with Crippen molar-refractivity contribution in [2.45, 2.75) is 39.3 Å². The number of nitrogens with zero attached hydrogens (tertiary/aromatic N) is 3. The first-order valence-electron chi connectivity index (χ1n) is 8.75. The predicted molar refractivity (Wildman–Crippen MR) is 94.7 cm³/mol. The van der Waals surface area contributed by atoms with E-state index in [9.17, 15) is 4.79 Å². The van der Waals surface area contributed by atoms with E-state index in [0.717, 1.165) is 31.6 Å². The molecule has 1 unspecified atom stereocenters. The Labute approximate surface area is 143 Å². The molecule has 1 amide bonds. The summed E-state index contributed by atoms with van der Waals surface area (Å²) >= 11 is 0. The van der Waals surface area contributed by atoms with E-state index in [2.05, 4.69) is 41.6 Å². The largest absolute Gasteiger partial charge is 0.333 e. The highest BCUT2D eigenvalue weighted by Crippen LogP contribution is 2.23. The van der Waals surface area contributed by atoms with E-state index in [-0.39, 0.29) is 11.9 Å². The van der Waals surface area contributed by atoms with Crippen LogP contribution in [0.15, 0.2) is 36.7 Å². The van der Waals surface area contributed by atoms with Crippen LogP contribution in [0.4, 0.5) is 0 Å². The lowest BCUT2D eigenvalue weighted by atomic mass is 10.0. The fraction of sp³-hybridized carbons (Fsp3) is 0.474. The smallest absolute Gasteiger partial charge is 0.225 e. The lowest BCUT2D eigenvalue weighted by Crippen LogP contribution is -2.48. The highest BCUT2D eigenvalue weighted by Gasteiger charge is 2.27. The van der Waals surface area contributed by atoms with E-state index in [1.165, 1.54) is 11.1 Å². The normalized spacial score (nSPS) is 17.9. The minimum Gasteiger partial charge on any atom is -0.333 e. The van der Waals surface area contributed by atoms with Gasteiger partial charge in [-0.2, -0.15) is 5.10 Å². The van der Waals surface area contributed by atoms with E-state index in [1.54, 1.807) is 0 Å². The minimum atomic E-state index is 0.122. The average molecular weight is 326 g/mol. The van der Waals surface area contributed by atoms with Crippen LogP contribution in [0.3, 0.4) is 0 Å². The number of rotatable bonds is 5. The van der Waals surface area contributed by atoms with Gasteiger partial charge in [0.2, 0.25) is 5.91 Å². The molecule has 24 heavy (non-hydrogen) atoms. The molecule has 1 fully saturated rings. The van der Waals surface area contributed by atoms with Crippen LogP contribution in [0.1, 0.15) is 36.1 Å². The fourth-order valence-corrected chi connectivity index (χ4v) is 3.22. The SMILES string of the molecule is CCc1ccc(C2CNCCN2C(=O)CCn2cc(C)cn2)cc1. The molecule has 2 heterocycles. The molecule has 1 aromatic heterocycles. The van der Waals surface area contributed by atoms with Crippen molar-refractivity contribution in [3.05, 3.63) is 53.3 Å². The van der Waals surface area contributed by atoms with Gasteiger partial charge >= 0.3 is 0 Å². The fourth-order valence-electron chi connectivity index (χ4n) is 3.22. The van der Waals surface area contributed by atoms with Gasteiger partial charge in [0.05, 0.1) is 12.2 Å². The van der Waals surface area contributed by atoms with E-state index in [1.807, 2.05) is 28.9 Å². The predicted octanol–water partition coefficient (Wildman–Crippen LogP) is 2.32. The standard InChI is InChI=1S/C19H26N4O/c1-3-16-4-6-17(7-5-16)18-13-20-9-11-23(18)19(24)8-10-22-14-15(2)12-21-22/h4-7,12,14,18,20H,3,8-11,13H2,1-2H3. The zero-order valence-corrected chi connectivity index (χ0v) is 14.5. The maximum absolute atomic E-state index is 12.7. The molecule has 1 atom stereocenters. The van der Waals surface area contributed by atoms with Gasteiger partial charge in [-0.25, -0.2) is 0 Å². The van der Waals surface area contributed by atoms with Crippen LogP contribution in [0.2, 0.25) is 0 Å². The molecule has 5 nitrogen and oxygen atoms in total. The number of aryl methyl sites for hydroxylation is 3. The van der Waals surface area contributed by atoms with Crippen LogP contribution in [0.25, 0.3) is 0 Å². The van der Waals surface area contributed by atoms with E-state index in [0.29, 0.717) is 13.0 Å². The minimum absolute atomic E-state index is 0.122. The van der Waals surface area contributed by atoms with Crippen molar-refractivity contribution < 1.29 is 4.79 Å². The molecule has 1 aromatic carbocycles. The molecule has 0 radical (unpaired) electrons. The molecule has 1 aliphatic heterocycles. The van der Waals surface area contributed by atoms with Crippen molar-refractivity contribution in [1.29, 1.82) is 0 Å². The summed E-state index contributed by atoms with van der Waals surface area (Å²) in [7, 11) is 0. The number of hydrogen-bond acceptors (Lipinski definition) is 3. The van der Waals surface area contributed by atoms with Gasteiger partial charge in [-0.15, -0.1) is 0 Å². The molecular formula is C19H26N4O. The molecule has 1 N–H and O–H groups in total. The van der Waals surface area contributed by atoms with Crippen molar-refractivity contribution in [2.24, 2.45) is 0 Å². The quantitative estimate of drug-likeness (QED) is 0.917. The highest BCUT2D eigenvalue weighted by molar-refractivity contribution is 5.76. The monoisotopic (exact) mass is 326 g/mol. The highest BCUT2D eigenvalue weighted by atomic mass is 16.2. The van der Waals surface area contributed by atoms with Gasteiger partial charge in [-0.05, 0) is 30.0 Å². The molecule has 5 heteroatoms. The number of amides is 1. The van der Waals surface area contributed by atoms with Crippen molar-refractivity contribution in [1.82, 2.24) is 20.0 Å². The van der Waals surface area contributed by atoms with Crippen LogP contribution < -0.4 is 5.32 Å². The van der Waals surface area contributed by atoms with Crippen LogP contribution in [-0.2, 0) is 17.8 Å². The Bertz CT molecular complexity index is 677. The number of aromatic nitrogens is 2. The van der Waals surface area contributed by atoms with Gasteiger partial charge in [0.25, 0.3) is 0 Å². The molecule has 0 spiro atoms. The molecule has 0 saturated carbocycles. The summed E-state index contributed by atoms with van der Waals surface area (Å²) in [6, 6.07) is 8.77. The summed E-state index contributed by atoms with van der Waals surface area (Å²) in [4.78, 5) is 14.8.